The Morgan fingerprint density at radius 1 is 1.29 bits per heavy atom. The van der Waals surface area contributed by atoms with Crippen molar-refractivity contribution >= 4 is 11.7 Å². The van der Waals surface area contributed by atoms with Gasteiger partial charge in [0.25, 0.3) is 0 Å². The van der Waals surface area contributed by atoms with Crippen molar-refractivity contribution < 1.29 is 14.3 Å². The van der Waals surface area contributed by atoms with Gasteiger partial charge in [0.05, 0.1) is 24.7 Å². The van der Waals surface area contributed by atoms with Gasteiger partial charge in [0.15, 0.2) is 0 Å². The number of ether oxygens (including phenoxy) is 2. The van der Waals surface area contributed by atoms with Crippen molar-refractivity contribution in [1.82, 2.24) is 20.5 Å². The molecule has 0 saturated heterocycles. The predicted octanol–water partition coefficient (Wildman–Crippen LogP) is 1.89. The smallest absolute Gasteiger partial charge is 0.319 e. The van der Waals surface area contributed by atoms with Crippen LogP contribution in [0.4, 0.5) is 10.5 Å². The quantitative estimate of drug-likeness (QED) is 0.608. The van der Waals surface area contributed by atoms with Gasteiger partial charge in [0, 0.05) is 25.4 Å². The largest absolute Gasteiger partial charge is 0.475 e. The van der Waals surface area contributed by atoms with Gasteiger partial charge in [-0.15, -0.1) is 0 Å². The number of amides is 2. The molecule has 0 radical (unpaired) electrons. The van der Waals surface area contributed by atoms with Gasteiger partial charge in [-0.05, 0) is 31.4 Å². The normalized spacial score (nSPS) is 10.4. The SMILES string of the molecule is COCCOc1ccc(NC(=O)NCCCc2cn[nH]c2C)cn1. The number of nitrogens with one attached hydrogen (secondary N) is 3. The summed E-state index contributed by atoms with van der Waals surface area (Å²) in [5.41, 5.74) is 2.85. The van der Waals surface area contributed by atoms with Crippen LogP contribution < -0.4 is 15.4 Å². The maximum absolute atomic E-state index is 11.8. The minimum absolute atomic E-state index is 0.256. The summed E-state index contributed by atoms with van der Waals surface area (Å²) < 4.78 is 10.3. The molecule has 0 saturated carbocycles. The number of aromatic nitrogens is 3. The molecular weight excluding hydrogens is 310 g/mol. The number of aryl methyl sites for hydroxylation is 2. The van der Waals surface area contributed by atoms with Gasteiger partial charge in [0.1, 0.15) is 6.61 Å². The van der Waals surface area contributed by atoms with Crippen LogP contribution in [-0.4, -0.2) is 48.1 Å². The van der Waals surface area contributed by atoms with Crippen molar-refractivity contribution in [2.75, 3.05) is 32.2 Å². The highest BCUT2D eigenvalue weighted by Crippen LogP contribution is 2.11. The number of anilines is 1. The highest BCUT2D eigenvalue weighted by molar-refractivity contribution is 5.88. The molecule has 0 spiro atoms. The van der Waals surface area contributed by atoms with Gasteiger partial charge in [0.2, 0.25) is 5.88 Å². The molecule has 0 unspecified atom stereocenters. The van der Waals surface area contributed by atoms with E-state index in [0.29, 0.717) is 31.3 Å². The summed E-state index contributed by atoms with van der Waals surface area (Å²) in [7, 11) is 1.61. The maximum Gasteiger partial charge on any atom is 0.319 e. The molecule has 0 aliphatic carbocycles. The number of urea groups is 1. The Kier molecular flexibility index (Phi) is 7.03. The van der Waals surface area contributed by atoms with E-state index in [-0.39, 0.29) is 6.03 Å². The van der Waals surface area contributed by atoms with E-state index in [1.807, 2.05) is 13.1 Å². The number of rotatable bonds is 9. The number of hydrogen-bond acceptors (Lipinski definition) is 5. The Labute approximate surface area is 141 Å². The van der Waals surface area contributed by atoms with Crippen LogP contribution in [0.5, 0.6) is 5.88 Å². The van der Waals surface area contributed by atoms with Crippen LogP contribution in [0.2, 0.25) is 0 Å². The van der Waals surface area contributed by atoms with E-state index in [1.165, 1.54) is 5.56 Å². The number of pyridine rings is 1. The second-order valence-electron chi connectivity index (χ2n) is 5.23. The predicted molar refractivity (Wildman–Crippen MR) is 90.3 cm³/mol. The molecule has 2 aromatic heterocycles. The van der Waals surface area contributed by atoms with E-state index in [9.17, 15) is 4.79 Å². The van der Waals surface area contributed by atoms with Gasteiger partial charge in [-0.1, -0.05) is 0 Å². The van der Waals surface area contributed by atoms with E-state index in [2.05, 4.69) is 25.8 Å². The number of methoxy groups -OCH3 is 1. The summed E-state index contributed by atoms with van der Waals surface area (Å²) in [4.78, 5) is 15.9. The van der Waals surface area contributed by atoms with Crippen molar-refractivity contribution in [3.05, 3.63) is 35.8 Å². The topological polar surface area (TPSA) is 101 Å². The first kappa shape index (κ1) is 17.7. The average Bonchev–Trinajstić information content (AvgIpc) is 2.99. The zero-order valence-electron chi connectivity index (χ0n) is 14.0. The number of carbonyl (C=O) groups excluding carboxylic acids is 1. The van der Waals surface area contributed by atoms with Crippen LogP contribution in [0.3, 0.4) is 0 Å². The first-order valence-electron chi connectivity index (χ1n) is 7.80. The Morgan fingerprint density at radius 2 is 2.17 bits per heavy atom. The number of nitrogens with zero attached hydrogens (tertiary/aromatic N) is 2. The van der Waals surface area contributed by atoms with Crippen molar-refractivity contribution in [2.45, 2.75) is 19.8 Å². The van der Waals surface area contributed by atoms with Crippen LogP contribution >= 0.6 is 0 Å². The average molecular weight is 333 g/mol. The molecule has 2 rings (SSSR count). The summed E-state index contributed by atoms with van der Waals surface area (Å²) in [5.74, 6) is 0.494. The van der Waals surface area contributed by atoms with Gasteiger partial charge in [-0.2, -0.15) is 5.10 Å². The summed E-state index contributed by atoms with van der Waals surface area (Å²) >= 11 is 0. The highest BCUT2D eigenvalue weighted by Gasteiger charge is 2.04. The second kappa shape index (κ2) is 9.51. The standard InChI is InChI=1S/C16H23N5O3/c1-12-13(10-19-21-12)4-3-7-17-16(22)20-14-5-6-15(18-11-14)24-9-8-23-2/h5-6,10-11H,3-4,7-9H2,1-2H3,(H,19,21)(H2,17,20,22). The van der Waals surface area contributed by atoms with Crippen molar-refractivity contribution in [2.24, 2.45) is 0 Å². The Bertz CT molecular complexity index is 627. The van der Waals surface area contributed by atoms with E-state index < -0.39 is 0 Å². The molecule has 0 atom stereocenters. The molecule has 0 aliphatic rings. The fraction of sp³-hybridized carbons (Fsp3) is 0.438. The van der Waals surface area contributed by atoms with E-state index in [4.69, 9.17) is 9.47 Å². The molecule has 24 heavy (non-hydrogen) atoms. The lowest BCUT2D eigenvalue weighted by Gasteiger charge is -2.08. The number of aromatic amines is 1. The van der Waals surface area contributed by atoms with E-state index in [1.54, 1.807) is 25.4 Å². The monoisotopic (exact) mass is 333 g/mol. The van der Waals surface area contributed by atoms with Crippen LogP contribution in [0.15, 0.2) is 24.5 Å². The van der Waals surface area contributed by atoms with Crippen molar-refractivity contribution in [3.8, 4) is 5.88 Å². The third-order valence-corrected chi connectivity index (χ3v) is 3.37. The van der Waals surface area contributed by atoms with Crippen LogP contribution in [0.1, 0.15) is 17.7 Å². The second-order valence-corrected chi connectivity index (χ2v) is 5.23. The minimum atomic E-state index is -0.256. The number of H-pyrrole nitrogens is 1. The third kappa shape index (κ3) is 5.88. The van der Waals surface area contributed by atoms with Crippen LogP contribution in [-0.2, 0) is 11.2 Å². The van der Waals surface area contributed by atoms with Crippen LogP contribution in [0.25, 0.3) is 0 Å². The molecule has 3 N–H and O–H groups in total. The summed E-state index contributed by atoms with van der Waals surface area (Å²) in [6.07, 6.45) is 5.09. The molecule has 2 heterocycles. The minimum Gasteiger partial charge on any atom is -0.475 e. The first-order chi connectivity index (χ1) is 11.7. The van der Waals surface area contributed by atoms with E-state index in [0.717, 1.165) is 18.5 Å². The zero-order valence-corrected chi connectivity index (χ0v) is 14.0. The zero-order chi connectivity index (χ0) is 17.2. The fourth-order valence-corrected chi connectivity index (χ4v) is 2.05. The third-order valence-electron chi connectivity index (χ3n) is 3.37. The maximum atomic E-state index is 11.8. The van der Waals surface area contributed by atoms with Crippen molar-refractivity contribution in [1.29, 1.82) is 0 Å². The van der Waals surface area contributed by atoms with Crippen LogP contribution in [0, 0.1) is 6.92 Å². The van der Waals surface area contributed by atoms with E-state index >= 15 is 0 Å². The molecule has 0 aliphatic heterocycles. The molecule has 130 valence electrons. The molecule has 0 aromatic carbocycles. The Hall–Kier alpha value is -2.61. The lowest BCUT2D eigenvalue weighted by molar-refractivity contribution is 0.144. The molecule has 0 bridgehead atoms. The molecule has 2 amide bonds. The first-order valence-corrected chi connectivity index (χ1v) is 7.80. The molecule has 2 aromatic rings. The summed E-state index contributed by atoms with van der Waals surface area (Å²) in [5, 5.41) is 12.4. The lowest BCUT2D eigenvalue weighted by Crippen LogP contribution is -2.29. The van der Waals surface area contributed by atoms with Gasteiger partial charge < -0.3 is 20.1 Å². The summed E-state index contributed by atoms with van der Waals surface area (Å²) in [6, 6.07) is 3.19. The lowest BCUT2D eigenvalue weighted by atomic mass is 10.1. The molecule has 0 fully saturated rings. The highest BCUT2D eigenvalue weighted by atomic mass is 16.5. The summed E-state index contributed by atoms with van der Waals surface area (Å²) in [6.45, 7) is 3.51. The van der Waals surface area contributed by atoms with Gasteiger partial charge in [-0.25, -0.2) is 9.78 Å². The number of hydrogen-bond donors (Lipinski definition) is 3. The Morgan fingerprint density at radius 3 is 2.83 bits per heavy atom. The molecule has 8 nitrogen and oxygen atoms in total. The van der Waals surface area contributed by atoms with Crippen molar-refractivity contribution in [3.63, 3.8) is 0 Å². The fourth-order valence-electron chi connectivity index (χ4n) is 2.05. The van der Waals surface area contributed by atoms with Gasteiger partial charge in [-0.3, -0.25) is 5.10 Å². The van der Waals surface area contributed by atoms with Gasteiger partial charge >= 0.3 is 6.03 Å². The molecule has 8 heteroatoms. The Balaban J connectivity index is 1.65. The number of carbonyl (C=O) groups is 1. The molecular formula is C16H23N5O3.